The lowest BCUT2D eigenvalue weighted by molar-refractivity contribution is 0.868. The third kappa shape index (κ3) is 3.28. The van der Waals surface area contributed by atoms with Gasteiger partial charge in [0, 0.05) is 0 Å². The largest absolute Gasteiger partial charge is 0.0619 e. The van der Waals surface area contributed by atoms with Gasteiger partial charge in [-0.15, -0.1) is 0 Å². The summed E-state index contributed by atoms with van der Waals surface area (Å²) in [5, 5.41) is 0. The van der Waals surface area contributed by atoms with Crippen LogP contribution in [0.3, 0.4) is 0 Å². The number of benzene rings is 3. The van der Waals surface area contributed by atoms with Crippen LogP contribution >= 0.6 is 0 Å². The summed E-state index contributed by atoms with van der Waals surface area (Å²) in [5.41, 5.74) is 8.10. The molecule has 3 aromatic carbocycles. The highest BCUT2D eigenvalue weighted by molar-refractivity contribution is 5.74. The van der Waals surface area contributed by atoms with E-state index < -0.39 is 0 Å². The zero-order chi connectivity index (χ0) is 17.1. The van der Waals surface area contributed by atoms with Gasteiger partial charge in [-0.1, -0.05) is 100 Å². The Hall–Kier alpha value is -2.34. The molecule has 0 spiro atoms. The zero-order valence-corrected chi connectivity index (χ0v) is 15.1. The Bertz CT molecular complexity index is 737. The van der Waals surface area contributed by atoms with E-state index in [0.29, 0.717) is 11.8 Å². The zero-order valence-electron chi connectivity index (χ0n) is 15.1. The maximum atomic E-state index is 2.26. The molecule has 0 fully saturated rings. The molecule has 0 bridgehead atoms. The predicted molar refractivity (Wildman–Crippen MR) is 105 cm³/mol. The molecule has 0 aliphatic carbocycles. The van der Waals surface area contributed by atoms with Crippen molar-refractivity contribution in [2.45, 2.75) is 39.5 Å². The van der Waals surface area contributed by atoms with Crippen LogP contribution in [0, 0.1) is 0 Å². The van der Waals surface area contributed by atoms with Gasteiger partial charge >= 0.3 is 0 Å². The molecule has 3 aromatic rings. The normalized spacial score (nSPS) is 11.2. The van der Waals surface area contributed by atoms with Gasteiger partial charge in [0.1, 0.15) is 0 Å². The summed E-state index contributed by atoms with van der Waals surface area (Å²) in [5.74, 6) is 1.06. The molecule has 0 nitrogen and oxygen atoms in total. The molecule has 0 heteroatoms. The van der Waals surface area contributed by atoms with E-state index in [-0.39, 0.29) is 0 Å². The Morgan fingerprint density at radius 2 is 0.792 bits per heavy atom. The lowest BCUT2D eigenvalue weighted by Crippen LogP contribution is -1.93. The molecular weight excluding hydrogens is 288 g/mol. The molecule has 0 amide bonds. The minimum absolute atomic E-state index is 0.530. The second-order valence-corrected chi connectivity index (χ2v) is 7.06. The lowest BCUT2D eigenvalue weighted by atomic mass is 9.90. The van der Waals surface area contributed by atoms with Gasteiger partial charge in [0.15, 0.2) is 0 Å². The lowest BCUT2D eigenvalue weighted by Gasteiger charge is -2.15. The number of hydrogen-bond acceptors (Lipinski definition) is 0. The first-order valence-corrected chi connectivity index (χ1v) is 8.86. The molecule has 0 aliphatic rings. The van der Waals surface area contributed by atoms with Gasteiger partial charge < -0.3 is 0 Å². The SMILES string of the molecule is CC(C)c1ccccc1-c1ccc(-c2ccccc2C(C)C)cc1. The average molecular weight is 314 g/mol. The average Bonchev–Trinajstić information content (AvgIpc) is 2.62. The van der Waals surface area contributed by atoms with E-state index in [4.69, 9.17) is 0 Å². The Morgan fingerprint density at radius 1 is 0.458 bits per heavy atom. The van der Waals surface area contributed by atoms with Gasteiger partial charge in [-0.3, -0.25) is 0 Å². The highest BCUT2D eigenvalue weighted by atomic mass is 14.1. The molecule has 0 heterocycles. The minimum atomic E-state index is 0.530. The van der Waals surface area contributed by atoms with E-state index >= 15 is 0 Å². The van der Waals surface area contributed by atoms with E-state index in [2.05, 4.69) is 100 Å². The van der Waals surface area contributed by atoms with Crippen molar-refractivity contribution in [2.75, 3.05) is 0 Å². The highest BCUT2D eigenvalue weighted by Crippen LogP contribution is 2.33. The molecule has 0 aliphatic heterocycles. The van der Waals surface area contributed by atoms with E-state index in [1.807, 2.05) is 0 Å². The van der Waals surface area contributed by atoms with Crippen LogP contribution in [-0.4, -0.2) is 0 Å². The molecule has 0 N–H and O–H groups in total. The van der Waals surface area contributed by atoms with Crippen LogP contribution in [0.5, 0.6) is 0 Å². The molecule has 0 aromatic heterocycles. The van der Waals surface area contributed by atoms with Crippen molar-refractivity contribution in [1.82, 2.24) is 0 Å². The topological polar surface area (TPSA) is 0 Å². The third-order valence-corrected chi connectivity index (χ3v) is 4.67. The Morgan fingerprint density at radius 3 is 1.12 bits per heavy atom. The Labute approximate surface area is 146 Å². The summed E-state index contributed by atoms with van der Waals surface area (Å²) in [6.07, 6.45) is 0. The van der Waals surface area contributed by atoms with Crippen LogP contribution in [0.25, 0.3) is 22.3 Å². The molecule has 24 heavy (non-hydrogen) atoms. The van der Waals surface area contributed by atoms with Gasteiger partial charge in [-0.2, -0.15) is 0 Å². The van der Waals surface area contributed by atoms with Crippen LogP contribution < -0.4 is 0 Å². The second-order valence-electron chi connectivity index (χ2n) is 7.06. The van der Waals surface area contributed by atoms with E-state index in [0.717, 1.165) is 0 Å². The van der Waals surface area contributed by atoms with Crippen molar-refractivity contribution in [3.63, 3.8) is 0 Å². The Balaban J connectivity index is 2.01. The highest BCUT2D eigenvalue weighted by Gasteiger charge is 2.10. The smallest absolute Gasteiger partial charge is 0.0149 e. The molecule has 0 saturated carbocycles. The second kappa shape index (κ2) is 7.05. The summed E-state index contributed by atoms with van der Waals surface area (Å²) in [7, 11) is 0. The van der Waals surface area contributed by atoms with E-state index in [1.54, 1.807) is 0 Å². The van der Waals surface area contributed by atoms with Crippen molar-refractivity contribution in [3.05, 3.63) is 83.9 Å². The van der Waals surface area contributed by atoms with Crippen LogP contribution in [0.15, 0.2) is 72.8 Å². The molecule has 0 atom stereocenters. The minimum Gasteiger partial charge on any atom is -0.0619 e. The number of rotatable bonds is 4. The first kappa shape index (κ1) is 16.5. The van der Waals surface area contributed by atoms with Crippen LogP contribution in [0.1, 0.15) is 50.7 Å². The predicted octanol–water partition coefficient (Wildman–Crippen LogP) is 7.27. The summed E-state index contributed by atoms with van der Waals surface area (Å²) in [6.45, 7) is 9.02. The fraction of sp³-hybridized carbons (Fsp3) is 0.250. The third-order valence-electron chi connectivity index (χ3n) is 4.67. The van der Waals surface area contributed by atoms with Gasteiger partial charge in [0.05, 0.1) is 0 Å². The first-order valence-electron chi connectivity index (χ1n) is 8.86. The van der Waals surface area contributed by atoms with Crippen molar-refractivity contribution in [1.29, 1.82) is 0 Å². The van der Waals surface area contributed by atoms with Gasteiger partial charge in [-0.25, -0.2) is 0 Å². The van der Waals surface area contributed by atoms with Crippen molar-refractivity contribution in [3.8, 4) is 22.3 Å². The van der Waals surface area contributed by atoms with E-state index in [9.17, 15) is 0 Å². The van der Waals surface area contributed by atoms with E-state index in [1.165, 1.54) is 33.4 Å². The van der Waals surface area contributed by atoms with Crippen molar-refractivity contribution in [2.24, 2.45) is 0 Å². The fourth-order valence-corrected chi connectivity index (χ4v) is 3.36. The standard InChI is InChI=1S/C24H26/c1-17(2)21-9-5-7-11-23(21)19-13-15-20(16-14-19)24-12-8-6-10-22(24)18(3)4/h5-18H,1-4H3. The summed E-state index contributed by atoms with van der Waals surface area (Å²) >= 11 is 0. The number of hydrogen-bond donors (Lipinski definition) is 0. The van der Waals surface area contributed by atoms with Crippen LogP contribution in [0.4, 0.5) is 0 Å². The quantitative estimate of drug-likeness (QED) is 0.475. The molecule has 0 radical (unpaired) electrons. The van der Waals surface area contributed by atoms with Crippen molar-refractivity contribution >= 4 is 0 Å². The monoisotopic (exact) mass is 314 g/mol. The van der Waals surface area contributed by atoms with Gasteiger partial charge in [-0.05, 0) is 45.2 Å². The molecule has 3 rings (SSSR count). The van der Waals surface area contributed by atoms with Crippen LogP contribution in [-0.2, 0) is 0 Å². The van der Waals surface area contributed by atoms with Gasteiger partial charge in [0.2, 0.25) is 0 Å². The first-order chi connectivity index (χ1) is 11.6. The molecule has 0 saturated heterocycles. The molecule has 0 unspecified atom stereocenters. The summed E-state index contributed by atoms with van der Waals surface area (Å²) < 4.78 is 0. The molecule has 122 valence electrons. The maximum absolute atomic E-state index is 2.26. The summed E-state index contributed by atoms with van der Waals surface area (Å²) in [6, 6.07) is 26.5. The fourth-order valence-electron chi connectivity index (χ4n) is 3.36. The van der Waals surface area contributed by atoms with Crippen molar-refractivity contribution < 1.29 is 0 Å². The van der Waals surface area contributed by atoms with Gasteiger partial charge in [0.25, 0.3) is 0 Å². The van der Waals surface area contributed by atoms with Crippen LogP contribution in [0.2, 0.25) is 0 Å². The molecular formula is C24H26. The Kier molecular flexibility index (Phi) is 4.85. The summed E-state index contributed by atoms with van der Waals surface area (Å²) in [4.78, 5) is 0. The maximum Gasteiger partial charge on any atom is -0.0149 e.